The van der Waals surface area contributed by atoms with Gasteiger partial charge in [-0.2, -0.15) is 0 Å². The van der Waals surface area contributed by atoms with Crippen LogP contribution in [0.25, 0.3) is 10.6 Å². The molecule has 2 N–H and O–H groups in total. The Morgan fingerprint density at radius 2 is 1.78 bits per heavy atom. The number of hydrogen-bond acceptors (Lipinski definition) is 4. The van der Waals surface area contributed by atoms with Gasteiger partial charge < -0.3 is 5.73 Å². The van der Waals surface area contributed by atoms with Gasteiger partial charge in [0, 0.05) is 12.0 Å². The smallest absolute Gasteiger partial charge is 0.194 e. The first-order valence-corrected chi connectivity index (χ1v) is 6.11. The number of halogens is 3. The predicted molar refractivity (Wildman–Crippen MR) is 62.6 cm³/mol. The number of hydrogen-bond donors (Lipinski definition) is 1. The molecule has 0 aliphatic carbocycles. The van der Waals surface area contributed by atoms with Crippen LogP contribution >= 0.6 is 11.3 Å². The molecular formula is C11H10F3N3S. The second-order valence-corrected chi connectivity index (χ2v) is 4.71. The molecule has 0 aliphatic heterocycles. The van der Waals surface area contributed by atoms with Gasteiger partial charge in [-0.15, -0.1) is 10.2 Å². The average Bonchev–Trinajstić information content (AvgIpc) is 2.81. The lowest BCUT2D eigenvalue weighted by atomic mass is 10.2. The second kappa shape index (κ2) is 5.45. The molecule has 0 saturated heterocycles. The molecule has 96 valence electrons. The summed E-state index contributed by atoms with van der Waals surface area (Å²) >= 11 is 1.22. The molecule has 0 amide bonds. The maximum absolute atomic E-state index is 13.1. The highest BCUT2D eigenvalue weighted by Crippen LogP contribution is 2.26. The fourth-order valence-corrected chi connectivity index (χ4v) is 2.27. The van der Waals surface area contributed by atoms with E-state index in [4.69, 9.17) is 5.73 Å². The first kappa shape index (κ1) is 13.0. The summed E-state index contributed by atoms with van der Waals surface area (Å²) < 4.78 is 38.9. The number of benzene rings is 1. The third-order valence-corrected chi connectivity index (χ3v) is 3.32. The van der Waals surface area contributed by atoms with Gasteiger partial charge in [-0.05, 0) is 25.1 Å². The van der Waals surface area contributed by atoms with Gasteiger partial charge in [0.15, 0.2) is 17.5 Å². The molecule has 3 nitrogen and oxygen atoms in total. The molecule has 2 rings (SSSR count). The highest BCUT2D eigenvalue weighted by Gasteiger charge is 2.14. The lowest BCUT2D eigenvalue weighted by molar-refractivity contribution is 0.447. The molecule has 0 unspecified atom stereocenters. The molecule has 1 aromatic heterocycles. The number of rotatable bonds is 4. The first-order valence-electron chi connectivity index (χ1n) is 5.29. The van der Waals surface area contributed by atoms with Crippen molar-refractivity contribution in [1.82, 2.24) is 10.2 Å². The van der Waals surface area contributed by atoms with Gasteiger partial charge in [-0.3, -0.25) is 0 Å². The molecule has 0 fully saturated rings. The van der Waals surface area contributed by atoms with Crippen LogP contribution in [-0.2, 0) is 6.42 Å². The van der Waals surface area contributed by atoms with Crippen LogP contribution in [0.2, 0.25) is 0 Å². The molecule has 0 saturated carbocycles. The largest absolute Gasteiger partial charge is 0.330 e. The monoisotopic (exact) mass is 273 g/mol. The fourth-order valence-electron chi connectivity index (χ4n) is 1.40. The number of nitrogens with two attached hydrogens (primary N) is 1. The molecule has 18 heavy (non-hydrogen) atoms. The van der Waals surface area contributed by atoms with Crippen molar-refractivity contribution in [1.29, 1.82) is 0 Å². The summed E-state index contributed by atoms with van der Waals surface area (Å²) in [5.41, 5.74) is 5.55. The van der Waals surface area contributed by atoms with E-state index in [0.29, 0.717) is 18.0 Å². The van der Waals surface area contributed by atoms with E-state index in [2.05, 4.69) is 10.2 Å². The zero-order chi connectivity index (χ0) is 13.1. The van der Waals surface area contributed by atoms with Crippen LogP contribution in [0.15, 0.2) is 12.1 Å². The minimum atomic E-state index is -1.48. The molecule has 0 radical (unpaired) electrons. The van der Waals surface area contributed by atoms with Crippen LogP contribution in [0, 0.1) is 17.5 Å². The van der Waals surface area contributed by atoms with E-state index in [-0.39, 0.29) is 5.56 Å². The zero-order valence-corrected chi connectivity index (χ0v) is 10.1. The van der Waals surface area contributed by atoms with Gasteiger partial charge in [0.05, 0.1) is 0 Å². The Balaban J connectivity index is 2.28. The first-order chi connectivity index (χ1) is 8.61. The Hall–Kier alpha value is -1.47. The van der Waals surface area contributed by atoms with E-state index in [0.717, 1.165) is 23.6 Å². The van der Waals surface area contributed by atoms with E-state index in [9.17, 15) is 13.2 Å². The summed E-state index contributed by atoms with van der Waals surface area (Å²) in [6.45, 7) is 0.536. The molecule has 0 spiro atoms. The Labute approximate surface area is 105 Å². The van der Waals surface area contributed by atoms with Crippen LogP contribution in [0.1, 0.15) is 11.4 Å². The summed E-state index contributed by atoms with van der Waals surface area (Å²) in [6.07, 6.45) is 1.43. The van der Waals surface area contributed by atoms with Gasteiger partial charge in [0.1, 0.15) is 10.0 Å². The third-order valence-electron chi connectivity index (χ3n) is 2.29. The van der Waals surface area contributed by atoms with Crippen molar-refractivity contribution >= 4 is 11.3 Å². The van der Waals surface area contributed by atoms with E-state index in [1.165, 1.54) is 11.3 Å². The number of aromatic nitrogens is 2. The Kier molecular flexibility index (Phi) is 3.93. The molecule has 7 heteroatoms. The van der Waals surface area contributed by atoms with Gasteiger partial charge in [-0.1, -0.05) is 11.3 Å². The van der Waals surface area contributed by atoms with Crippen molar-refractivity contribution < 1.29 is 13.2 Å². The van der Waals surface area contributed by atoms with Crippen LogP contribution < -0.4 is 5.73 Å². The molecule has 1 heterocycles. The van der Waals surface area contributed by atoms with Gasteiger partial charge in [-0.25, -0.2) is 13.2 Å². The summed E-state index contributed by atoms with van der Waals surface area (Å²) in [6, 6.07) is 1.82. The highest BCUT2D eigenvalue weighted by molar-refractivity contribution is 7.14. The Bertz CT molecular complexity index is 533. The molecule has 0 atom stereocenters. The van der Waals surface area contributed by atoms with Gasteiger partial charge >= 0.3 is 0 Å². The SMILES string of the molecule is NCCCc1nnc(-c2cc(F)c(F)c(F)c2)s1. The third kappa shape index (κ3) is 2.68. The predicted octanol–water partition coefficient (Wildman–Crippen LogP) is 2.51. The number of aryl methyl sites for hydroxylation is 1. The summed E-state index contributed by atoms with van der Waals surface area (Å²) in [7, 11) is 0. The zero-order valence-electron chi connectivity index (χ0n) is 9.29. The van der Waals surface area contributed by atoms with Crippen molar-refractivity contribution in [2.45, 2.75) is 12.8 Å². The minimum Gasteiger partial charge on any atom is -0.330 e. The standard InChI is InChI=1S/C11H10F3N3S/c12-7-4-6(5-8(13)10(7)14)11-17-16-9(18-11)2-1-3-15/h4-5H,1-3,15H2. The van der Waals surface area contributed by atoms with Crippen molar-refractivity contribution in [3.63, 3.8) is 0 Å². The lowest BCUT2D eigenvalue weighted by Crippen LogP contribution is -1.99. The van der Waals surface area contributed by atoms with Crippen molar-refractivity contribution in [3.05, 3.63) is 34.6 Å². The van der Waals surface area contributed by atoms with E-state index in [1.54, 1.807) is 0 Å². The van der Waals surface area contributed by atoms with Crippen LogP contribution in [-0.4, -0.2) is 16.7 Å². The van der Waals surface area contributed by atoms with Gasteiger partial charge in [0.25, 0.3) is 0 Å². The van der Waals surface area contributed by atoms with Gasteiger partial charge in [0.2, 0.25) is 0 Å². The van der Waals surface area contributed by atoms with Crippen LogP contribution in [0.5, 0.6) is 0 Å². The summed E-state index contributed by atoms with van der Waals surface area (Å²) in [5.74, 6) is -3.95. The van der Waals surface area contributed by atoms with Crippen LogP contribution in [0.4, 0.5) is 13.2 Å². The maximum atomic E-state index is 13.1. The van der Waals surface area contributed by atoms with E-state index in [1.807, 2.05) is 0 Å². The summed E-state index contributed by atoms with van der Waals surface area (Å²) in [5, 5.41) is 8.81. The van der Waals surface area contributed by atoms with Crippen molar-refractivity contribution in [3.8, 4) is 10.6 Å². The molecule has 1 aromatic carbocycles. The normalized spacial score (nSPS) is 10.9. The highest BCUT2D eigenvalue weighted by atomic mass is 32.1. The average molecular weight is 273 g/mol. The quantitative estimate of drug-likeness (QED) is 0.871. The summed E-state index contributed by atoms with van der Waals surface area (Å²) in [4.78, 5) is 0. The number of nitrogens with zero attached hydrogens (tertiary/aromatic N) is 2. The second-order valence-electron chi connectivity index (χ2n) is 3.65. The molecule has 0 bridgehead atoms. The van der Waals surface area contributed by atoms with Crippen molar-refractivity contribution in [2.24, 2.45) is 5.73 Å². The lowest BCUT2D eigenvalue weighted by Gasteiger charge is -1.98. The van der Waals surface area contributed by atoms with E-state index < -0.39 is 17.5 Å². The fraction of sp³-hybridized carbons (Fsp3) is 0.273. The molecular weight excluding hydrogens is 263 g/mol. The Morgan fingerprint density at radius 3 is 2.39 bits per heavy atom. The maximum Gasteiger partial charge on any atom is 0.194 e. The van der Waals surface area contributed by atoms with E-state index >= 15 is 0 Å². The van der Waals surface area contributed by atoms with Crippen molar-refractivity contribution in [2.75, 3.05) is 6.54 Å². The topological polar surface area (TPSA) is 51.8 Å². The molecule has 0 aliphatic rings. The van der Waals surface area contributed by atoms with Crippen LogP contribution in [0.3, 0.4) is 0 Å². The minimum absolute atomic E-state index is 0.183. The molecule has 2 aromatic rings. The Morgan fingerprint density at radius 1 is 1.11 bits per heavy atom.